The van der Waals surface area contributed by atoms with E-state index in [9.17, 15) is 9.59 Å². The molecule has 0 saturated carbocycles. The fourth-order valence-corrected chi connectivity index (χ4v) is 1.47. The van der Waals surface area contributed by atoms with E-state index in [1.165, 1.54) is 6.07 Å². The predicted octanol–water partition coefficient (Wildman–Crippen LogP) is 2.05. The Balaban J connectivity index is 3.21. The Hall–Kier alpha value is -1.84. The molecule has 4 heteroatoms. The van der Waals surface area contributed by atoms with E-state index in [4.69, 9.17) is 10.5 Å². The van der Waals surface area contributed by atoms with Gasteiger partial charge in [0, 0.05) is 0 Å². The van der Waals surface area contributed by atoms with E-state index in [1.807, 2.05) is 0 Å². The van der Waals surface area contributed by atoms with Crippen LogP contribution in [0.25, 0.3) is 0 Å². The van der Waals surface area contributed by atoms with Crippen LogP contribution >= 0.6 is 0 Å². The summed E-state index contributed by atoms with van der Waals surface area (Å²) in [5, 5.41) is 0. The fourth-order valence-electron chi connectivity index (χ4n) is 1.47. The number of esters is 1. The Labute approximate surface area is 101 Å². The lowest BCUT2D eigenvalue weighted by Crippen LogP contribution is -2.26. The van der Waals surface area contributed by atoms with E-state index < -0.39 is 17.5 Å². The van der Waals surface area contributed by atoms with Crippen LogP contribution in [0, 0.1) is 6.92 Å². The molecule has 0 aromatic heterocycles. The highest BCUT2D eigenvalue weighted by atomic mass is 16.6. The number of aryl methyl sites for hydroxylation is 1. The monoisotopic (exact) mass is 235 g/mol. The minimum Gasteiger partial charge on any atom is -0.456 e. The van der Waals surface area contributed by atoms with Gasteiger partial charge >= 0.3 is 5.97 Å². The summed E-state index contributed by atoms with van der Waals surface area (Å²) < 4.78 is 5.25. The Bertz CT molecular complexity index is 458. The molecule has 0 aliphatic rings. The molecule has 0 radical (unpaired) electrons. The van der Waals surface area contributed by atoms with E-state index in [-0.39, 0.29) is 11.1 Å². The van der Waals surface area contributed by atoms with Gasteiger partial charge < -0.3 is 10.5 Å². The topological polar surface area (TPSA) is 69.4 Å². The second-order valence-electron chi connectivity index (χ2n) is 4.86. The lowest BCUT2D eigenvalue weighted by molar-refractivity contribution is 0.00669. The summed E-state index contributed by atoms with van der Waals surface area (Å²) in [5.41, 5.74) is 5.75. The van der Waals surface area contributed by atoms with Crippen LogP contribution in [0.1, 0.15) is 47.1 Å². The smallest absolute Gasteiger partial charge is 0.339 e. The van der Waals surface area contributed by atoms with Gasteiger partial charge in [0.1, 0.15) is 5.60 Å². The highest BCUT2D eigenvalue weighted by molar-refractivity contribution is 6.05. The van der Waals surface area contributed by atoms with E-state index in [2.05, 4.69) is 0 Å². The lowest BCUT2D eigenvalue weighted by atomic mass is 10.0. The van der Waals surface area contributed by atoms with Gasteiger partial charge in [-0.05, 0) is 39.3 Å². The van der Waals surface area contributed by atoms with Crippen molar-refractivity contribution < 1.29 is 14.3 Å². The van der Waals surface area contributed by atoms with Gasteiger partial charge in [0.15, 0.2) is 0 Å². The molecule has 92 valence electrons. The number of primary amides is 1. The number of hydrogen-bond donors (Lipinski definition) is 1. The fraction of sp³-hybridized carbons (Fsp3) is 0.385. The number of rotatable bonds is 2. The van der Waals surface area contributed by atoms with Crippen LogP contribution in [0.3, 0.4) is 0 Å². The molecule has 0 spiro atoms. The molecule has 0 atom stereocenters. The zero-order valence-electron chi connectivity index (χ0n) is 10.5. The van der Waals surface area contributed by atoms with Gasteiger partial charge in [0.2, 0.25) is 5.91 Å². The first kappa shape index (κ1) is 13.2. The van der Waals surface area contributed by atoms with Gasteiger partial charge in [0.25, 0.3) is 0 Å². The molecule has 2 N–H and O–H groups in total. The van der Waals surface area contributed by atoms with Crippen molar-refractivity contribution in [3.63, 3.8) is 0 Å². The first-order valence-corrected chi connectivity index (χ1v) is 5.35. The first-order valence-electron chi connectivity index (χ1n) is 5.35. The molecular formula is C13H17NO3. The standard InChI is InChI=1S/C13H17NO3/c1-8-6-5-7-9(11(14)15)10(8)12(16)17-13(2,3)4/h5-7H,1-4H3,(H2,14,15). The van der Waals surface area contributed by atoms with E-state index in [1.54, 1.807) is 39.8 Å². The molecule has 0 fully saturated rings. The number of hydrogen-bond acceptors (Lipinski definition) is 3. The summed E-state index contributed by atoms with van der Waals surface area (Å²) in [6, 6.07) is 4.95. The van der Waals surface area contributed by atoms with Crippen LogP contribution in [-0.4, -0.2) is 17.5 Å². The summed E-state index contributed by atoms with van der Waals surface area (Å²) >= 11 is 0. The predicted molar refractivity (Wildman–Crippen MR) is 64.9 cm³/mol. The minimum absolute atomic E-state index is 0.194. The van der Waals surface area contributed by atoms with Gasteiger partial charge in [-0.3, -0.25) is 4.79 Å². The summed E-state index contributed by atoms with van der Waals surface area (Å²) in [6.07, 6.45) is 0. The third-order valence-corrected chi connectivity index (χ3v) is 2.14. The molecular weight excluding hydrogens is 218 g/mol. The Morgan fingerprint density at radius 3 is 2.29 bits per heavy atom. The molecule has 1 aromatic carbocycles. The molecule has 0 heterocycles. The second kappa shape index (κ2) is 4.57. The SMILES string of the molecule is Cc1cccc(C(N)=O)c1C(=O)OC(C)(C)C. The molecule has 0 unspecified atom stereocenters. The molecule has 0 aliphatic carbocycles. The Morgan fingerprint density at radius 2 is 1.82 bits per heavy atom. The van der Waals surface area contributed by atoms with Crippen LogP contribution in [-0.2, 0) is 4.74 Å². The maximum absolute atomic E-state index is 12.0. The van der Waals surface area contributed by atoms with Crippen LogP contribution in [0.2, 0.25) is 0 Å². The zero-order valence-corrected chi connectivity index (χ0v) is 10.5. The summed E-state index contributed by atoms with van der Waals surface area (Å²) in [4.78, 5) is 23.2. The highest BCUT2D eigenvalue weighted by Gasteiger charge is 2.23. The van der Waals surface area contributed by atoms with Crippen molar-refractivity contribution in [1.82, 2.24) is 0 Å². The summed E-state index contributed by atoms with van der Waals surface area (Å²) in [5.74, 6) is -1.15. The van der Waals surface area contributed by atoms with Crippen LogP contribution in [0.15, 0.2) is 18.2 Å². The minimum atomic E-state index is -0.630. The highest BCUT2D eigenvalue weighted by Crippen LogP contribution is 2.18. The molecule has 0 bridgehead atoms. The average Bonchev–Trinajstić information content (AvgIpc) is 2.13. The third kappa shape index (κ3) is 3.31. The van der Waals surface area contributed by atoms with Gasteiger partial charge in [-0.1, -0.05) is 12.1 Å². The van der Waals surface area contributed by atoms with Crippen molar-refractivity contribution in [1.29, 1.82) is 0 Å². The van der Waals surface area contributed by atoms with Crippen molar-refractivity contribution in [3.8, 4) is 0 Å². The number of ether oxygens (including phenoxy) is 1. The third-order valence-electron chi connectivity index (χ3n) is 2.14. The van der Waals surface area contributed by atoms with Crippen LogP contribution < -0.4 is 5.73 Å². The van der Waals surface area contributed by atoms with Crippen molar-refractivity contribution >= 4 is 11.9 Å². The maximum Gasteiger partial charge on any atom is 0.339 e. The number of amides is 1. The van der Waals surface area contributed by atoms with Crippen molar-refractivity contribution in [3.05, 3.63) is 34.9 Å². The zero-order chi connectivity index (χ0) is 13.2. The average molecular weight is 235 g/mol. The normalized spacial score (nSPS) is 11.1. The van der Waals surface area contributed by atoms with Gasteiger partial charge in [-0.2, -0.15) is 0 Å². The first-order chi connectivity index (χ1) is 7.72. The Morgan fingerprint density at radius 1 is 1.24 bits per heavy atom. The van der Waals surface area contributed by atoms with E-state index >= 15 is 0 Å². The molecule has 0 aliphatic heterocycles. The molecule has 17 heavy (non-hydrogen) atoms. The molecule has 1 rings (SSSR count). The molecule has 1 aromatic rings. The quantitative estimate of drug-likeness (QED) is 0.797. The van der Waals surface area contributed by atoms with E-state index in [0.29, 0.717) is 5.56 Å². The molecule has 4 nitrogen and oxygen atoms in total. The van der Waals surface area contributed by atoms with Crippen molar-refractivity contribution in [2.45, 2.75) is 33.3 Å². The number of nitrogens with two attached hydrogens (primary N) is 1. The molecule has 1 amide bonds. The lowest BCUT2D eigenvalue weighted by Gasteiger charge is -2.21. The molecule has 0 saturated heterocycles. The maximum atomic E-state index is 12.0. The van der Waals surface area contributed by atoms with E-state index in [0.717, 1.165) is 0 Å². The van der Waals surface area contributed by atoms with Crippen molar-refractivity contribution in [2.24, 2.45) is 5.73 Å². The number of carbonyl (C=O) groups excluding carboxylic acids is 2. The van der Waals surface area contributed by atoms with Gasteiger partial charge in [-0.25, -0.2) is 4.79 Å². The van der Waals surface area contributed by atoms with Gasteiger partial charge in [-0.15, -0.1) is 0 Å². The number of benzene rings is 1. The van der Waals surface area contributed by atoms with Gasteiger partial charge in [0.05, 0.1) is 11.1 Å². The summed E-state index contributed by atoms with van der Waals surface area (Å²) in [6.45, 7) is 7.05. The van der Waals surface area contributed by atoms with Crippen LogP contribution in [0.4, 0.5) is 0 Å². The largest absolute Gasteiger partial charge is 0.456 e. The van der Waals surface area contributed by atoms with Crippen LogP contribution in [0.5, 0.6) is 0 Å². The number of carbonyl (C=O) groups is 2. The Kier molecular flexibility index (Phi) is 3.56. The van der Waals surface area contributed by atoms with Crippen molar-refractivity contribution in [2.75, 3.05) is 0 Å². The second-order valence-corrected chi connectivity index (χ2v) is 4.86. The summed E-state index contributed by atoms with van der Waals surface area (Å²) in [7, 11) is 0.